The Hall–Kier alpha value is -1.47. The number of carbonyl (C=O) groups is 1. The molecule has 0 radical (unpaired) electrons. The number of thiocarbonyl (C=S) groups is 1. The van der Waals surface area contributed by atoms with E-state index in [-0.39, 0.29) is 16.8 Å². The van der Waals surface area contributed by atoms with Gasteiger partial charge in [-0.05, 0) is 30.8 Å². The number of hydrogen-bond donors (Lipinski definition) is 7. The molecule has 9 nitrogen and oxygen atoms in total. The standard InChI is InChI=1S/C16H23N3O6S2/c1-8-4-2-3-5-9(8)17-16(26)18-19-11(22)7-27-15(19)14(25)13(24)12(23)10(21)6-20/h2-5,10,12-15,20-21,23-25H,6-7H2,1H3,(H2,17,18,26)/t10-,12-,13+,14-,15?/m1/s1. The number of anilines is 1. The van der Waals surface area contributed by atoms with Gasteiger partial charge in [-0.1, -0.05) is 18.2 Å². The van der Waals surface area contributed by atoms with E-state index in [2.05, 4.69) is 10.7 Å². The molecule has 0 saturated carbocycles. The molecule has 150 valence electrons. The number of hydrogen-bond acceptors (Lipinski definition) is 8. The Morgan fingerprint density at radius 3 is 2.59 bits per heavy atom. The van der Waals surface area contributed by atoms with Crippen molar-refractivity contribution in [1.82, 2.24) is 10.4 Å². The summed E-state index contributed by atoms with van der Waals surface area (Å²) in [7, 11) is 0. The van der Waals surface area contributed by atoms with E-state index < -0.39 is 36.4 Å². The third-order valence-electron chi connectivity index (χ3n) is 4.09. The molecule has 1 amide bonds. The van der Waals surface area contributed by atoms with Crippen LogP contribution in [0.4, 0.5) is 5.69 Å². The molecular formula is C16H23N3O6S2. The zero-order valence-electron chi connectivity index (χ0n) is 14.5. The van der Waals surface area contributed by atoms with E-state index >= 15 is 0 Å². The second-order valence-electron chi connectivity index (χ2n) is 6.07. The van der Waals surface area contributed by atoms with Crippen molar-refractivity contribution in [3.8, 4) is 0 Å². The van der Waals surface area contributed by atoms with Crippen LogP contribution in [0.15, 0.2) is 24.3 Å². The highest BCUT2D eigenvalue weighted by Gasteiger charge is 2.43. The molecule has 1 aromatic rings. The second-order valence-corrected chi connectivity index (χ2v) is 7.58. The summed E-state index contributed by atoms with van der Waals surface area (Å²) in [6, 6.07) is 7.40. The molecule has 1 heterocycles. The lowest BCUT2D eigenvalue weighted by Crippen LogP contribution is -2.57. The fraction of sp³-hybridized carbons (Fsp3) is 0.500. The molecule has 1 aliphatic heterocycles. The maximum atomic E-state index is 12.1. The topological polar surface area (TPSA) is 146 Å². The smallest absolute Gasteiger partial charge is 0.252 e. The van der Waals surface area contributed by atoms with Crippen molar-refractivity contribution in [3.05, 3.63) is 29.8 Å². The van der Waals surface area contributed by atoms with E-state index in [0.717, 1.165) is 28.0 Å². The van der Waals surface area contributed by atoms with Crippen LogP contribution in [0.1, 0.15) is 5.56 Å². The number of benzene rings is 1. The van der Waals surface area contributed by atoms with Crippen molar-refractivity contribution in [3.63, 3.8) is 0 Å². The number of aliphatic hydroxyl groups excluding tert-OH is 5. The quantitative estimate of drug-likeness (QED) is 0.263. The van der Waals surface area contributed by atoms with Crippen molar-refractivity contribution in [2.24, 2.45) is 0 Å². The zero-order valence-corrected chi connectivity index (χ0v) is 16.2. The Morgan fingerprint density at radius 1 is 1.30 bits per heavy atom. The molecule has 11 heteroatoms. The molecule has 7 N–H and O–H groups in total. The first-order valence-electron chi connectivity index (χ1n) is 8.16. The highest BCUT2D eigenvalue weighted by molar-refractivity contribution is 8.01. The number of thioether (sulfide) groups is 1. The molecule has 1 aliphatic rings. The van der Waals surface area contributed by atoms with Crippen molar-refractivity contribution in [2.45, 2.75) is 36.7 Å². The van der Waals surface area contributed by atoms with Crippen LogP contribution in [0.3, 0.4) is 0 Å². The average molecular weight is 418 g/mol. The van der Waals surface area contributed by atoms with Crippen LogP contribution in [0.5, 0.6) is 0 Å². The van der Waals surface area contributed by atoms with Gasteiger partial charge in [0.25, 0.3) is 5.91 Å². The number of aryl methyl sites for hydroxylation is 1. The Balaban J connectivity index is 2.04. The maximum Gasteiger partial charge on any atom is 0.252 e. The molecule has 0 bridgehead atoms. The van der Waals surface area contributed by atoms with Gasteiger partial charge in [-0.2, -0.15) is 0 Å². The van der Waals surface area contributed by atoms with Crippen LogP contribution in [0.2, 0.25) is 0 Å². The lowest BCUT2D eigenvalue weighted by Gasteiger charge is -2.33. The summed E-state index contributed by atoms with van der Waals surface area (Å²) in [5, 5.41) is 51.7. The molecule has 0 aromatic heterocycles. The van der Waals surface area contributed by atoms with E-state index in [1.165, 1.54) is 0 Å². The first kappa shape index (κ1) is 21.8. The van der Waals surface area contributed by atoms with Crippen LogP contribution in [-0.4, -0.2) is 83.7 Å². The van der Waals surface area contributed by atoms with E-state index in [4.69, 9.17) is 17.3 Å². The van der Waals surface area contributed by atoms with Gasteiger partial charge in [-0.25, -0.2) is 5.01 Å². The van der Waals surface area contributed by atoms with Gasteiger partial charge in [0.1, 0.15) is 29.8 Å². The van der Waals surface area contributed by atoms with E-state index in [1.807, 2.05) is 31.2 Å². The van der Waals surface area contributed by atoms with Gasteiger partial charge < -0.3 is 30.8 Å². The summed E-state index contributed by atoms with van der Waals surface area (Å²) in [6.07, 6.45) is -6.77. The number of aliphatic hydroxyl groups is 5. The molecule has 27 heavy (non-hydrogen) atoms. The molecule has 1 fully saturated rings. The number of nitrogens with one attached hydrogen (secondary N) is 2. The average Bonchev–Trinajstić information content (AvgIpc) is 3.01. The Labute approximate surface area is 166 Å². The van der Waals surface area contributed by atoms with Crippen LogP contribution in [-0.2, 0) is 4.79 Å². The van der Waals surface area contributed by atoms with E-state index in [9.17, 15) is 25.2 Å². The van der Waals surface area contributed by atoms with Gasteiger partial charge in [0.15, 0.2) is 5.11 Å². The predicted octanol–water partition coefficient (Wildman–Crippen LogP) is -1.47. The van der Waals surface area contributed by atoms with Crippen LogP contribution in [0.25, 0.3) is 0 Å². The van der Waals surface area contributed by atoms with Crippen molar-refractivity contribution < 1.29 is 30.3 Å². The van der Waals surface area contributed by atoms with Crippen molar-refractivity contribution in [1.29, 1.82) is 0 Å². The summed E-state index contributed by atoms with van der Waals surface area (Å²) >= 11 is 6.25. The van der Waals surface area contributed by atoms with Gasteiger partial charge in [0.2, 0.25) is 0 Å². The Kier molecular flexibility index (Phi) is 7.79. The van der Waals surface area contributed by atoms with Crippen molar-refractivity contribution >= 4 is 40.7 Å². The SMILES string of the molecule is Cc1ccccc1NC(=S)NN1C(=O)CSC1[C@H](O)[C@@H](O)[C@H](O)[C@H](O)CO. The number of rotatable bonds is 7. The number of nitrogens with zero attached hydrogens (tertiary/aromatic N) is 1. The maximum absolute atomic E-state index is 12.1. The normalized spacial score (nSPS) is 21.5. The third kappa shape index (κ3) is 5.29. The zero-order chi connectivity index (χ0) is 20.1. The van der Waals surface area contributed by atoms with Gasteiger partial charge >= 0.3 is 0 Å². The largest absolute Gasteiger partial charge is 0.394 e. The van der Waals surface area contributed by atoms with E-state index in [0.29, 0.717) is 0 Å². The Bertz CT molecular complexity index is 679. The van der Waals surface area contributed by atoms with Gasteiger partial charge in [0.05, 0.1) is 12.4 Å². The number of para-hydroxylation sites is 1. The first-order chi connectivity index (χ1) is 12.8. The molecule has 5 atom stereocenters. The highest BCUT2D eigenvalue weighted by atomic mass is 32.2. The van der Waals surface area contributed by atoms with Crippen LogP contribution < -0.4 is 10.7 Å². The molecule has 0 aliphatic carbocycles. The summed E-state index contributed by atoms with van der Waals surface area (Å²) in [5.41, 5.74) is 4.38. The summed E-state index contributed by atoms with van der Waals surface area (Å²) < 4.78 is 0. The Morgan fingerprint density at radius 2 is 1.96 bits per heavy atom. The lowest BCUT2D eigenvalue weighted by molar-refractivity contribution is -0.140. The summed E-state index contributed by atoms with van der Waals surface area (Å²) in [6.45, 7) is 1.10. The number of hydrazine groups is 1. The van der Waals surface area contributed by atoms with Crippen LogP contribution >= 0.6 is 24.0 Å². The molecule has 2 rings (SSSR count). The minimum atomic E-state index is -1.78. The fourth-order valence-corrected chi connectivity index (χ4v) is 3.84. The minimum Gasteiger partial charge on any atom is -0.394 e. The molecule has 1 unspecified atom stereocenters. The number of amides is 1. The van der Waals surface area contributed by atoms with E-state index in [1.54, 1.807) is 0 Å². The van der Waals surface area contributed by atoms with Crippen LogP contribution in [0, 0.1) is 6.92 Å². The lowest BCUT2D eigenvalue weighted by atomic mass is 10.0. The molecule has 0 spiro atoms. The second kappa shape index (κ2) is 9.64. The third-order valence-corrected chi connectivity index (χ3v) is 5.53. The fourth-order valence-electron chi connectivity index (χ4n) is 2.50. The highest BCUT2D eigenvalue weighted by Crippen LogP contribution is 2.28. The predicted molar refractivity (Wildman–Crippen MR) is 105 cm³/mol. The molecule has 1 saturated heterocycles. The minimum absolute atomic E-state index is 0.0348. The number of carbonyl (C=O) groups excluding carboxylic acids is 1. The molecule has 1 aromatic carbocycles. The van der Waals surface area contributed by atoms with Gasteiger partial charge in [0, 0.05) is 5.69 Å². The van der Waals surface area contributed by atoms with Gasteiger partial charge in [-0.3, -0.25) is 10.2 Å². The summed E-state index contributed by atoms with van der Waals surface area (Å²) in [4.78, 5) is 12.1. The first-order valence-corrected chi connectivity index (χ1v) is 9.62. The summed E-state index contributed by atoms with van der Waals surface area (Å²) in [5.74, 6) is -0.338. The van der Waals surface area contributed by atoms with Crippen molar-refractivity contribution in [2.75, 3.05) is 17.7 Å². The molecular weight excluding hydrogens is 394 g/mol. The van der Waals surface area contributed by atoms with Gasteiger partial charge in [-0.15, -0.1) is 11.8 Å². The monoisotopic (exact) mass is 417 g/mol.